The number of imidazole rings is 1. The van der Waals surface area contributed by atoms with Crippen molar-refractivity contribution in [3.63, 3.8) is 0 Å². The van der Waals surface area contributed by atoms with Crippen LogP contribution in [-0.2, 0) is 18.2 Å². The fraction of sp³-hybridized carbons (Fsp3) is 0.240. The lowest BCUT2D eigenvalue weighted by Gasteiger charge is -2.18. The average Bonchev–Trinajstić information content (AvgIpc) is 3.16. The number of halogens is 5. The number of hydrogen-bond donors (Lipinski definition) is 1. The van der Waals surface area contributed by atoms with Crippen LogP contribution in [0.15, 0.2) is 54.6 Å². The molecule has 4 aromatic rings. The molecule has 0 unspecified atom stereocenters. The van der Waals surface area contributed by atoms with Crippen LogP contribution in [-0.4, -0.2) is 9.97 Å². The highest BCUT2D eigenvalue weighted by atomic mass is 35.5. The molecule has 0 bridgehead atoms. The highest BCUT2D eigenvalue weighted by molar-refractivity contribution is 6.32. The minimum Gasteiger partial charge on any atom is -0.487 e. The maximum atomic E-state index is 13.4. The summed E-state index contributed by atoms with van der Waals surface area (Å²) < 4.78 is 58.7. The Labute approximate surface area is 193 Å². The molecule has 0 saturated heterocycles. The Bertz CT molecular complexity index is 1320. The second kappa shape index (κ2) is 8.37. The van der Waals surface area contributed by atoms with Gasteiger partial charge in [0.05, 0.1) is 21.6 Å². The van der Waals surface area contributed by atoms with E-state index < -0.39 is 24.2 Å². The molecule has 172 valence electrons. The van der Waals surface area contributed by atoms with E-state index in [9.17, 15) is 17.6 Å². The Hall–Kier alpha value is -3.06. The fourth-order valence-corrected chi connectivity index (χ4v) is 3.64. The summed E-state index contributed by atoms with van der Waals surface area (Å²) >= 11 is 6.22. The highest BCUT2D eigenvalue weighted by Gasteiger charge is 2.34. The van der Waals surface area contributed by atoms with Crippen molar-refractivity contribution in [2.75, 3.05) is 0 Å². The first-order chi connectivity index (χ1) is 15.4. The molecule has 0 aliphatic heterocycles. The summed E-state index contributed by atoms with van der Waals surface area (Å²) in [5, 5.41) is 0.237. The molecule has 33 heavy (non-hydrogen) atoms. The number of aromatic nitrogens is 2. The molecule has 0 fully saturated rings. The number of benzene rings is 3. The van der Waals surface area contributed by atoms with Gasteiger partial charge in [-0.3, -0.25) is 0 Å². The Morgan fingerprint density at radius 2 is 1.73 bits per heavy atom. The first-order valence-corrected chi connectivity index (χ1v) is 10.6. The van der Waals surface area contributed by atoms with Crippen LogP contribution in [0.3, 0.4) is 0 Å². The minimum absolute atomic E-state index is 0.0175. The van der Waals surface area contributed by atoms with Crippen molar-refractivity contribution in [2.45, 2.75) is 39.0 Å². The summed E-state index contributed by atoms with van der Waals surface area (Å²) in [6, 6.07) is 13.5. The zero-order chi connectivity index (χ0) is 24.0. The van der Waals surface area contributed by atoms with Crippen LogP contribution in [0.25, 0.3) is 22.4 Å². The monoisotopic (exact) mass is 476 g/mol. The highest BCUT2D eigenvalue weighted by Crippen LogP contribution is 2.35. The summed E-state index contributed by atoms with van der Waals surface area (Å²) in [5.41, 5.74) is 2.19. The van der Waals surface area contributed by atoms with Gasteiger partial charge in [0.25, 0.3) is 0 Å². The molecule has 0 atom stereocenters. The van der Waals surface area contributed by atoms with Gasteiger partial charge in [-0.25, -0.2) is 9.37 Å². The average molecular weight is 477 g/mol. The van der Waals surface area contributed by atoms with Crippen LogP contribution in [0.5, 0.6) is 5.75 Å². The van der Waals surface area contributed by atoms with E-state index in [0.29, 0.717) is 17.5 Å². The van der Waals surface area contributed by atoms with Crippen LogP contribution >= 0.6 is 11.6 Å². The van der Waals surface area contributed by atoms with Gasteiger partial charge in [-0.2, -0.15) is 13.2 Å². The van der Waals surface area contributed by atoms with Gasteiger partial charge in [-0.05, 0) is 53.4 Å². The molecule has 1 aromatic heterocycles. The third kappa shape index (κ3) is 4.98. The smallest absolute Gasteiger partial charge is 0.416 e. The lowest BCUT2D eigenvalue weighted by Crippen LogP contribution is -2.11. The molecule has 3 aromatic carbocycles. The maximum absolute atomic E-state index is 13.4. The molecule has 3 nitrogen and oxygen atoms in total. The minimum atomic E-state index is -4.70. The third-order valence-corrected chi connectivity index (χ3v) is 5.63. The van der Waals surface area contributed by atoms with Crippen molar-refractivity contribution in [2.24, 2.45) is 0 Å². The van der Waals surface area contributed by atoms with E-state index in [0.717, 1.165) is 28.7 Å². The number of H-pyrrole nitrogens is 1. The zero-order valence-electron chi connectivity index (χ0n) is 18.1. The van der Waals surface area contributed by atoms with Crippen LogP contribution in [0.2, 0.25) is 5.02 Å². The van der Waals surface area contributed by atoms with Gasteiger partial charge in [-0.15, -0.1) is 0 Å². The molecule has 1 N–H and O–H groups in total. The first-order valence-electron chi connectivity index (χ1n) is 10.2. The van der Waals surface area contributed by atoms with Gasteiger partial charge in [0, 0.05) is 11.1 Å². The molecule has 0 aliphatic carbocycles. The van der Waals surface area contributed by atoms with Crippen LogP contribution < -0.4 is 4.74 Å². The first kappa shape index (κ1) is 23.1. The number of rotatable bonds is 4. The number of ether oxygens (including phenoxy) is 1. The van der Waals surface area contributed by atoms with E-state index in [2.05, 4.69) is 30.7 Å². The summed E-state index contributed by atoms with van der Waals surface area (Å²) in [6.45, 7) is 5.95. The predicted octanol–water partition coefficient (Wildman–Crippen LogP) is 7.92. The van der Waals surface area contributed by atoms with E-state index in [1.165, 1.54) is 0 Å². The van der Waals surface area contributed by atoms with Gasteiger partial charge < -0.3 is 9.72 Å². The molecule has 0 amide bonds. The van der Waals surface area contributed by atoms with Gasteiger partial charge >= 0.3 is 6.18 Å². The van der Waals surface area contributed by atoms with Crippen molar-refractivity contribution in [1.29, 1.82) is 0 Å². The number of nitrogens with one attached hydrogen (secondary N) is 1. The van der Waals surface area contributed by atoms with Crippen LogP contribution in [0, 0.1) is 5.82 Å². The molecule has 0 radical (unpaired) electrons. The number of aromatic amines is 1. The van der Waals surface area contributed by atoms with Crippen molar-refractivity contribution in [3.05, 3.63) is 82.1 Å². The molecule has 8 heteroatoms. The summed E-state index contributed by atoms with van der Waals surface area (Å²) in [7, 11) is 0. The zero-order valence-corrected chi connectivity index (χ0v) is 18.9. The summed E-state index contributed by atoms with van der Waals surface area (Å²) in [6.07, 6.45) is -4.70. The van der Waals surface area contributed by atoms with Crippen molar-refractivity contribution < 1.29 is 22.3 Å². The SMILES string of the molecule is CC(C)(C)c1ccc2nc(-c3ccc(Cl)c(OCc4ccc(F)cc4C(F)(F)F)c3)[nH]c2c1. The summed E-state index contributed by atoms with van der Waals surface area (Å²) in [4.78, 5) is 7.89. The Morgan fingerprint density at radius 3 is 2.42 bits per heavy atom. The van der Waals surface area contributed by atoms with E-state index in [-0.39, 0.29) is 21.8 Å². The molecule has 1 heterocycles. The second-order valence-electron chi connectivity index (χ2n) is 8.80. The quantitative estimate of drug-likeness (QED) is 0.304. The number of fused-ring (bicyclic) bond motifs is 1. The largest absolute Gasteiger partial charge is 0.487 e. The van der Waals surface area contributed by atoms with E-state index in [4.69, 9.17) is 16.3 Å². The molecule has 4 rings (SSSR count). The Morgan fingerprint density at radius 1 is 0.970 bits per heavy atom. The number of alkyl halides is 3. The van der Waals surface area contributed by atoms with Crippen molar-refractivity contribution in [3.8, 4) is 17.1 Å². The standard InChI is InChI=1S/C25H21ClF4N2O/c1-24(2,3)16-6-9-20-21(11-16)32-23(31-20)14-5-8-19(26)22(10-14)33-13-15-4-7-17(27)12-18(15)25(28,29)30/h4-12H,13H2,1-3H3,(H,31,32). The Kier molecular flexibility index (Phi) is 5.86. The van der Waals surface area contributed by atoms with Gasteiger partial charge in [-0.1, -0.05) is 44.5 Å². The lowest BCUT2D eigenvalue weighted by atomic mass is 9.87. The van der Waals surface area contributed by atoms with Gasteiger partial charge in [0.15, 0.2) is 0 Å². The molecule has 0 spiro atoms. The van der Waals surface area contributed by atoms with Crippen LogP contribution in [0.1, 0.15) is 37.5 Å². The van der Waals surface area contributed by atoms with Gasteiger partial charge in [0.1, 0.15) is 24.0 Å². The van der Waals surface area contributed by atoms with E-state index >= 15 is 0 Å². The normalized spacial score (nSPS) is 12.4. The Balaban J connectivity index is 1.63. The third-order valence-electron chi connectivity index (χ3n) is 5.31. The van der Waals surface area contributed by atoms with E-state index in [1.54, 1.807) is 18.2 Å². The molecule has 0 saturated carbocycles. The fourth-order valence-electron chi connectivity index (χ4n) is 3.47. The topological polar surface area (TPSA) is 37.9 Å². The van der Waals surface area contributed by atoms with Crippen molar-refractivity contribution >= 4 is 22.6 Å². The molecular formula is C25H21ClF4N2O. The maximum Gasteiger partial charge on any atom is 0.416 e. The van der Waals surface area contributed by atoms with E-state index in [1.807, 2.05) is 18.2 Å². The number of nitrogens with zero attached hydrogens (tertiary/aromatic N) is 1. The summed E-state index contributed by atoms with van der Waals surface area (Å²) in [5.74, 6) is -0.191. The van der Waals surface area contributed by atoms with Gasteiger partial charge in [0.2, 0.25) is 0 Å². The second-order valence-corrected chi connectivity index (χ2v) is 9.21. The lowest BCUT2D eigenvalue weighted by molar-refractivity contribution is -0.138. The van der Waals surface area contributed by atoms with Crippen molar-refractivity contribution in [1.82, 2.24) is 9.97 Å². The molecular weight excluding hydrogens is 456 g/mol. The molecule has 0 aliphatic rings. The number of hydrogen-bond acceptors (Lipinski definition) is 2. The van der Waals surface area contributed by atoms with Crippen LogP contribution in [0.4, 0.5) is 17.6 Å². The predicted molar refractivity (Wildman–Crippen MR) is 121 cm³/mol.